The molecule has 0 radical (unpaired) electrons. The molecule has 3 aromatic rings. The van der Waals surface area contributed by atoms with Gasteiger partial charge in [0.15, 0.2) is 0 Å². The lowest BCUT2D eigenvalue weighted by Gasteiger charge is -2.12. The van der Waals surface area contributed by atoms with E-state index in [1.54, 1.807) is 0 Å². The predicted molar refractivity (Wildman–Crippen MR) is 83.5 cm³/mol. The number of benzene rings is 2. The van der Waals surface area contributed by atoms with Gasteiger partial charge in [0.25, 0.3) is 5.91 Å². The molecule has 3 nitrogen and oxygen atoms in total. The first-order valence-corrected chi connectivity index (χ1v) is 7.17. The Bertz CT molecular complexity index is 811. The molecule has 0 bridgehead atoms. The van der Waals surface area contributed by atoms with E-state index in [0.29, 0.717) is 5.76 Å². The molecule has 1 N–H and O–H groups in total. The molecule has 0 saturated heterocycles. The maximum Gasteiger partial charge on any atom is 0.253 e. The third-order valence-electron chi connectivity index (χ3n) is 3.39. The summed E-state index contributed by atoms with van der Waals surface area (Å²) >= 11 is 5.89. The number of hydrogen-bond acceptors (Lipinski definition) is 2. The van der Waals surface area contributed by atoms with Gasteiger partial charge in [-0.05, 0) is 37.3 Å². The van der Waals surface area contributed by atoms with Crippen molar-refractivity contribution in [3.05, 3.63) is 70.7 Å². The molecule has 0 aliphatic heterocycles. The van der Waals surface area contributed by atoms with E-state index in [1.165, 1.54) is 12.1 Å². The molecule has 1 heterocycles. The first kappa shape index (κ1) is 14.6. The Balaban J connectivity index is 1.81. The quantitative estimate of drug-likeness (QED) is 0.759. The van der Waals surface area contributed by atoms with Crippen LogP contribution in [0, 0.1) is 5.82 Å². The zero-order chi connectivity index (χ0) is 15.7. The van der Waals surface area contributed by atoms with Crippen molar-refractivity contribution in [3.63, 3.8) is 0 Å². The van der Waals surface area contributed by atoms with Gasteiger partial charge in [-0.3, -0.25) is 4.79 Å². The van der Waals surface area contributed by atoms with Gasteiger partial charge in [-0.2, -0.15) is 0 Å². The van der Waals surface area contributed by atoms with Crippen LogP contribution in [0.4, 0.5) is 4.39 Å². The summed E-state index contributed by atoms with van der Waals surface area (Å²) in [5.74, 6) is -0.211. The van der Waals surface area contributed by atoms with Crippen molar-refractivity contribution < 1.29 is 13.6 Å². The monoisotopic (exact) mass is 317 g/mol. The van der Waals surface area contributed by atoms with Crippen LogP contribution >= 0.6 is 11.6 Å². The lowest BCUT2D eigenvalue weighted by atomic mass is 10.1. The molecule has 2 aromatic carbocycles. The Morgan fingerprint density at radius 2 is 2.00 bits per heavy atom. The summed E-state index contributed by atoms with van der Waals surface area (Å²) in [6.07, 6.45) is 0. The molecule has 0 unspecified atom stereocenters. The van der Waals surface area contributed by atoms with E-state index in [9.17, 15) is 9.18 Å². The Hall–Kier alpha value is -2.33. The molecule has 5 heteroatoms. The van der Waals surface area contributed by atoms with E-state index in [4.69, 9.17) is 16.0 Å². The largest absolute Gasteiger partial charge is 0.459 e. The zero-order valence-electron chi connectivity index (χ0n) is 11.8. The molecule has 1 amide bonds. The summed E-state index contributed by atoms with van der Waals surface area (Å²) in [6, 6.07) is 12.8. The minimum Gasteiger partial charge on any atom is -0.459 e. The Labute approximate surface area is 131 Å². The van der Waals surface area contributed by atoms with Crippen LogP contribution in [0.2, 0.25) is 5.02 Å². The SMILES string of the molecule is C[C@@H](NC(=O)c1ccc(F)cc1Cl)c1cc2ccccc2o1. The maximum atomic E-state index is 13.0. The van der Waals surface area contributed by atoms with Gasteiger partial charge in [-0.1, -0.05) is 29.8 Å². The summed E-state index contributed by atoms with van der Waals surface area (Å²) in [6.45, 7) is 1.81. The number of fused-ring (bicyclic) bond motifs is 1. The Kier molecular flexibility index (Phi) is 3.86. The highest BCUT2D eigenvalue weighted by Crippen LogP contribution is 2.24. The molecule has 0 fully saturated rings. The molecule has 22 heavy (non-hydrogen) atoms. The molecule has 0 saturated carbocycles. The number of furan rings is 1. The van der Waals surface area contributed by atoms with Gasteiger partial charge < -0.3 is 9.73 Å². The van der Waals surface area contributed by atoms with E-state index in [1.807, 2.05) is 37.3 Å². The minimum atomic E-state index is -0.480. The van der Waals surface area contributed by atoms with Crippen LogP contribution in [0.15, 0.2) is 52.9 Å². The third-order valence-corrected chi connectivity index (χ3v) is 3.71. The van der Waals surface area contributed by atoms with Crippen LogP contribution < -0.4 is 5.32 Å². The summed E-state index contributed by atoms with van der Waals surface area (Å²) in [7, 11) is 0. The van der Waals surface area contributed by atoms with Gasteiger partial charge in [0, 0.05) is 5.39 Å². The Morgan fingerprint density at radius 3 is 2.73 bits per heavy atom. The van der Waals surface area contributed by atoms with E-state index in [-0.39, 0.29) is 22.5 Å². The van der Waals surface area contributed by atoms with Gasteiger partial charge >= 0.3 is 0 Å². The van der Waals surface area contributed by atoms with Crippen molar-refractivity contribution in [1.29, 1.82) is 0 Å². The lowest BCUT2D eigenvalue weighted by molar-refractivity contribution is 0.0936. The number of carbonyl (C=O) groups excluding carboxylic acids is 1. The topological polar surface area (TPSA) is 42.2 Å². The highest BCUT2D eigenvalue weighted by Gasteiger charge is 2.17. The van der Waals surface area contributed by atoms with Crippen molar-refractivity contribution >= 4 is 28.5 Å². The fraction of sp³-hybridized carbons (Fsp3) is 0.118. The maximum absolute atomic E-state index is 13.0. The summed E-state index contributed by atoms with van der Waals surface area (Å²) in [5.41, 5.74) is 0.990. The average molecular weight is 318 g/mol. The van der Waals surface area contributed by atoms with E-state index in [0.717, 1.165) is 17.0 Å². The minimum absolute atomic E-state index is 0.0781. The lowest BCUT2D eigenvalue weighted by Crippen LogP contribution is -2.26. The fourth-order valence-corrected chi connectivity index (χ4v) is 2.49. The number of nitrogens with one attached hydrogen (secondary N) is 1. The fourth-order valence-electron chi connectivity index (χ4n) is 2.23. The normalized spacial score (nSPS) is 12.3. The number of para-hydroxylation sites is 1. The van der Waals surface area contributed by atoms with Crippen molar-refractivity contribution in [2.24, 2.45) is 0 Å². The smallest absolute Gasteiger partial charge is 0.253 e. The number of carbonyl (C=O) groups is 1. The molecule has 0 spiro atoms. The number of halogens is 2. The van der Waals surface area contributed by atoms with Crippen LogP contribution in [0.25, 0.3) is 11.0 Å². The Morgan fingerprint density at radius 1 is 1.23 bits per heavy atom. The second-order valence-corrected chi connectivity index (χ2v) is 5.41. The van der Waals surface area contributed by atoms with Crippen molar-refractivity contribution in [3.8, 4) is 0 Å². The number of amides is 1. The summed E-state index contributed by atoms with van der Waals surface area (Å²) < 4.78 is 18.7. The van der Waals surface area contributed by atoms with Gasteiger partial charge in [0.1, 0.15) is 17.2 Å². The van der Waals surface area contributed by atoms with E-state index >= 15 is 0 Å². The molecule has 1 atom stereocenters. The first-order chi connectivity index (χ1) is 10.5. The van der Waals surface area contributed by atoms with E-state index in [2.05, 4.69) is 5.32 Å². The standard InChI is InChI=1S/C17H13ClFNO2/c1-10(16-8-11-4-2-3-5-15(11)22-16)20-17(21)13-7-6-12(19)9-14(13)18/h2-10H,1H3,(H,20,21)/t10-/m1/s1. The van der Waals surface area contributed by atoms with E-state index < -0.39 is 5.82 Å². The molecular weight excluding hydrogens is 305 g/mol. The molecule has 0 aliphatic carbocycles. The number of rotatable bonds is 3. The van der Waals surface area contributed by atoms with Crippen LogP contribution in [0.1, 0.15) is 29.1 Å². The second kappa shape index (κ2) is 5.81. The number of hydrogen-bond donors (Lipinski definition) is 1. The summed E-state index contributed by atoms with van der Waals surface area (Å²) in [4.78, 5) is 12.2. The molecular formula is C17H13ClFNO2. The molecule has 0 aliphatic rings. The molecule has 3 rings (SSSR count). The second-order valence-electron chi connectivity index (χ2n) is 5.01. The van der Waals surface area contributed by atoms with Gasteiger partial charge in [0.05, 0.1) is 16.6 Å². The van der Waals surface area contributed by atoms with Crippen LogP contribution in [0.5, 0.6) is 0 Å². The van der Waals surface area contributed by atoms with Crippen molar-refractivity contribution in [2.75, 3.05) is 0 Å². The van der Waals surface area contributed by atoms with Gasteiger partial charge in [-0.15, -0.1) is 0 Å². The van der Waals surface area contributed by atoms with Crippen LogP contribution in [-0.4, -0.2) is 5.91 Å². The third kappa shape index (κ3) is 2.83. The molecule has 112 valence electrons. The van der Waals surface area contributed by atoms with Gasteiger partial charge in [0.2, 0.25) is 0 Å². The highest BCUT2D eigenvalue weighted by atomic mass is 35.5. The van der Waals surface area contributed by atoms with Gasteiger partial charge in [-0.25, -0.2) is 4.39 Å². The zero-order valence-corrected chi connectivity index (χ0v) is 12.5. The van der Waals surface area contributed by atoms with Crippen molar-refractivity contribution in [1.82, 2.24) is 5.32 Å². The summed E-state index contributed by atoms with van der Waals surface area (Å²) in [5, 5.41) is 3.84. The van der Waals surface area contributed by atoms with Crippen LogP contribution in [0.3, 0.4) is 0 Å². The van der Waals surface area contributed by atoms with Crippen LogP contribution in [-0.2, 0) is 0 Å². The van der Waals surface area contributed by atoms with Crippen molar-refractivity contribution in [2.45, 2.75) is 13.0 Å². The highest BCUT2D eigenvalue weighted by molar-refractivity contribution is 6.33. The first-order valence-electron chi connectivity index (χ1n) is 6.79. The average Bonchev–Trinajstić information content (AvgIpc) is 2.91. The predicted octanol–water partition coefficient (Wildman–Crippen LogP) is 4.72. The molecule has 1 aromatic heterocycles.